The van der Waals surface area contributed by atoms with Crippen LogP contribution in [0.15, 0.2) is 16.7 Å². The molecule has 7 heteroatoms. The molecule has 0 aliphatic rings. The maximum Gasteiger partial charge on any atom is 0.358 e. The van der Waals surface area contributed by atoms with E-state index < -0.39 is 5.97 Å². The van der Waals surface area contributed by atoms with Crippen molar-refractivity contribution in [1.82, 2.24) is 19.6 Å². The van der Waals surface area contributed by atoms with Gasteiger partial charge in [0.05, 0.1) is 23.0 Å². The molecule has 0 aliphatic carbocycles. The molecule has 0 bridgehead atoms. The first kappa shape index (κ1) is 12.8. The van der Waals surface area contributed by atoms with Crippen LogP contribution >= 0.6 is 15.9 Å². The van der Waals surface area contributed by atoms with Crippen LogP contribution in [0.1, 0.15) is 21.9 Å². The lowest BCUT2D eigenvalue weighted by Gasteiger charge is -2.04. The molecule has 96 valence electrons. The van der Waals surface area contributed by atoms with Crippen molar-refractivity contribution in [3.63, 3.8) is 0 Å². The predicted octanol–water partition coefficient (Wildman–Crippen LogP) is 1.75. The number of hydrogen-bond donors (Lipinski definition) is 0. The number of halogens is 1. The molecule has 18 heavy (non-hydrogen) atoms. The maximum absolute atomic E-state index is 11.3. The van der Waals surface area contributed by atoms with E-state index in [9.17, 15) is 4.79 Å². The van der Waals surface area contributed by atoms with Gasteiger partial charge in [0.2, 0.25) is 0 Å². The highest BCUT2D eigenvalue weighted by atomic mass is 79.9. The summed E-state index contributed by atoms with van der Waals surface area (Å²) >= 11 is 3.47. The first-order chi connectivity index (χ1) is 8.52. The lowest BCUT2D eigenvalue weighted by molar-refractivity contribution is 0.0593. The second kappa shape index (κ2) is 4.93. The van der Waals surface area contributed by atoms with E-state index in [-0.39, 0.29) is 5.69 Å². The molecule has 0 N–H and O–H groups in total. The number of methoxy groups -OCH3 is 1. The van der Waals surface area contributed by atoms with Crippen molar-refractivity contribution in [1.29, 1.82) is 0 Å². The van der Waals surface area contributed by atoms with Gasteiger partial charge in [0.25, 0.3) is 0 Å². The van der Waals surface area contributed by atoms with Gasteiger partial charge >= 0.3 is 5.97 Å². The van der Waals surface area contributed by atoms with Crippen molar-refractivity contribution in [2.24, 2.45) is 0 Å². The highest BCUT2D eigenvalue weighted by Gasteiger charge is 2.12. The van der Waals surface area contributed by atoms with Crippen molar-refractivity contribution < 1.29 is 9.53 Å². The van der Waals surface area contributed by atoms with Crippen LogP contribution in [0, 0.1) is 13.8 Å². The number of carbonyl (C=O) groups is 1. The SMILES string of the molecule is COC(=O)c1ccn(Cn2nc(C)c(Br)c2C)n1. The lowest BCUT2D eigenvalue weighted by atomic mass is 10.4. The summed E-state index contributed by atoms with van der Waals surface area (Å²) in [5, 5.41) is 8.49. The highest BCUT2D eigenvalue weighted by molar-refractivity contribution is 9.10. The Morgan fingerprint density at radius 3 is 2.72 bits per heavy atom. The van der Waals surface area contributed by atoms with E-state index in [1.807, 2.05) is 18.5 Å². The van der Waals surface area contributed by atoms with Gasteiger partial charge in [0.15, 0.2) is 5.69 Å². The second-order valence-corrected chi connectivity index (χ2v) is 4.65. The van der Waals surface area contributed by atoms with E-state index in [1.165, 1.54) is 7.11 Å². The zero-order valence-electron chi connectivity index (χ0n) is 10.3. The standard InChI is InChI=1S/C11H13BrN4O2/c1-7-10(12)8(2)16(13-7)6-15-5-4-9(14-15)11(17)18-3/h4-5H,6H2,1-3H3. The van der Waals surface area contributed by atoms with Gasteiger partial charge in [-0.25, -0.2) is 9.48 Å². The number of ether oxygens (including phenoxy) is 1. The topological polar surface area (TPSA) is 61.9 Å². The molecule has 0 radical (unpaired) electrons. The summed E-state index contributed by atoms with van der Waals surface area (Å²) in [7, 11) is 1.33. The van der Waals surface area contributed by atoms with Crippen LogP contribution in [0.4, 0.5) is 0 Å². The molecule has 2 aromatic rings. The minimum absolute atomic E-state index is 0.290. The average molecular weight is 313 g/mol. The molecule has 2 rings (SSSR count). The second-order valence-electron chi connectivity index (χ2n) is 3.86. The molecule has 0 saturated carbocycles. The Balaban J connectivity index is 2.21. The van der Waals surface area contributed by atoms with Gasteiger partial charge in [-0.15, -0.1) is 0 Å². The predicted molar refractivity (Wildman–Crippen MR) is 68.4 cm³/mol. The lowest BCUT2D eigenvalue weighted by Crippen LogP contribution is -2.13. The Kier molecular flexibility index (Phi) is 3.51. The average Bonchev–Trinajstić information content (AvgIpc) is 2.91. The van der Waals surface area contributed by atoms with E-state index in [0.29, 0.717) is 6.67 Å². The number of hydrogen-bond acceptors (Lipinski definition) is 4. The molecule has 0 amide bonds. The Morgan fingerprint density at radius 1 is 1.44 bits per heavy atom. The number of aromatic nitrogens is 4. The van der Waals surface area contributed by atoms with Crippen LogP contribution in [0.2, 0.25) is 0 Å². The summed E-state index contributed by atoms with van der Waals surface area (Å²) in [4.78, 5) is 11.3. The number of carbonyl (C=O) groups excluding carboxylic acids is 1. The Morgan fingerprint density at radius 2 is 2.17 bits per heavy atom. The third-order valence-corrected chi connectivity index (χ3v) is 3.75. The molecule has 0 saturated heterocycles. The fourth-order valence-electron chi connectivity index (χ4n) is 1.60. The number of esters is 1. The van der Waals surface area contributed by atoms with Crippen LogP contribution in [0.3, 0.4) is 0 Å². The van der Waals surface area contributed by atoms with Crippen LogP contribution in [-0.2, 0) is 11.4 Å². The Bertz CT molecular complexity index is 588. The normalized spacial score (nSPS) is 10.7. The fraction of sp³-hybridized carbons (Fsp3) is 0.364. The number of nitrogens with zero attached hydrogens (tertiary/aromatic N) is 4. The molecular weight excluding hydrogens is 300 g/mol. The van der Waals surface area contributed by atoms with Crippen molar-refractivity contribution in [2.45, 2.75) is 20.5 Å². The van der Waals surface area contributed by atoms with E-state index in [0.717, 1.165) is 15.9 Å². The molecule has 0 spiro atoms. The Hall–Kier alpha value is -1.63. The monoisotopic (exact) mass is 312 g/mol. The third-order valence-electron chi connectivity index (χ3n) is 2.61. The molecule has 0 fully saturated rings. The quantitative estimate of drug-likeness (QED) is 0.810. The molecule has 0 aromatic carbocycles. The van der Waals surface area contributed by atoms with Gasteiger partial charge in [-0.3, -0.25) is 4.68 Å². The number of rotatable bonds is 3. The van der Waals surface area contributed by atoms with Crippen molar-refractivity contribution >= 4 is 21.9 Å². The molecule has 0 aliphatic heterocycles. The van der Waals surface area contributed by atoms with Gasteiger partial charge in [0, 0.05) is 6.20 Å². The van der Waals surface area contributed by atoms with Gasteiger partial charge in [-0.05, 0) is 35.8 Å². The van der Waals surface area contributed by atoms with Gasteiger partial charge in [-0.2, -0.15) is 10.2 Å². The first-order valence-electron chi connectivity index (χ1n) is 5.34. The third kappa shape index (κ3) is 2.31. The molecule has 6 nitrogen and oxygen atoms in total. The minimum Gasteiger partial charge on any atom is -0.464 e. The fourth-order valence-corrected chi connectivity index (χ4v) is 1.89. The van der Waals surface area contributed by atoms with Crippen LogP contribution in [-0.4, -0.2) is 32.6 Å². The summed E-state index contributed by atoms with van der Waals surface area (Å²) in [5.41, 5.74) is 2.23. The molecule has 2 heterocycles. The van der Waals surface area contributed by atoms with E-state index in [4.69, 9.17) is 0 Å². The van der Waals surface area contributed by atoms with Crippen LogP contribution in [0.5, 0.6) is 0 Å². The summed E-state index contributed by atoms with van der Waals surface area (Å²) in [6, 6.07) is 1.62. The zero-order valence-corrected chi connectivity index (χ0v) is 11.9. The molecule has 0 unspecified atom stereocenters. The zero-order chi connectivity index (χ0) is 13.3. The van der Waals surface area contributed by atoms with Crippen molar-refractivity contribution in [3.8, 4) is 0 Å². The van der Waals surface area contributed by atoms with Gasteiger partial charge in [-0.1, -0.05) is 0 Å². The molecular formula is C11H13BrN4O2. The minimum atomic E-state index is -0.441. The van der Waals surface area contributed by atoms with Crippen molar-refractivity contribution in [3.05, 3.63) is 33.8 Å². The highest BCUT2D eigenvalue weighted by Crippen LogP contribution is 2.19. The van der Waals surface area contributed by atoms with E-state index >= 15 is 0 Å². The van der Waals surface area contributed by atoms with Gasteiger partial charge in [0.1, 0.15) is 6.67 Å². The van der Waals surface area contributed by atoms with E-state index in [1.54, 1.807) is 16.9 Å². The van der Waals surface area contributed by atoms with Crippen LogP contribution in [0.25, 0.3) is 0 Å². The van der Waals surface area contributed by atoms with E-state index in [2.05, 4.69) is 30.9 Å². The molecule has 0 atom stereocenters. The summed E-state index contributed by atoms with van der Waals surface area (Å²) in [6.07, 6.45) is 1.72. The number of aryl methyl sites for hydroxylation is 1. The maximum atomic E-state index is 11.3. The van der Waals surface area contributed by atoms with Gasteiger partial charge < -0.3 is 4.74 Å². The van der Waals surface area contributed by atoms with Crippen molar-refractivity contribution in [2.75, 3.05) is 7.11 Å². The first-order valence-corrected chi connectivity index (χ1v) is 6.13. The summed E-state index contributed by atoms with van der Waals surface area (Å²) in [6.45, 7) is 4.35. The smallest absolute Gasteiger partial charge is 0.358 e. The van der Waals surface area contributed by atoms with Crippen LogP contribution < -0.4 is 0 Å². The summed E-state index contributed by atoms with van der Waals surface area (Å²) < 4.78 is 9.04. The summed E-state index contributed by atoms with van der Waals surface area (Å²) in [5.74, 6) is -0.441. The molecule has 2 aromatic heterocycles. The largest absolute Gasteiger partial charge is 0.464 e. The Labute approximate surface area is 113 Å².